The molecular formula is C12H14N2O5. The van der Waals surface area contributed by atoms with Gasteiger partial charge in [0, 0.05) is 18.6 Å². The first-order valence-electron chi connectivity index (χ1n) is 5.69. The van der Waals surface area contributed by atoms with E-state index in [0.717, 1.165) is 5.56 Å². The van der Waals surface area contributed by atoms with Gasteiger partial charge in [0.25, 0.3) is 5.69 Å². The molecule has 7 nitrogen and oxygen atoms in total. The highest BCUT2D eigenvalue weighted by molar-refractivity contribution is 6.36. The molecule has 0 aliphatic rings. The molecule has 0 amide bonds. The van der Waals surface area contributed by atoms with Crippen LogP contribution in [-0.2, 0) is 16.0 Å². The molecule has 102 valence electrons. The van der Waals surface area contributed by atoms with Gasteiger partial charge in [-0.05, 0) is 18.9 Å². The fourth-order valence-corrected chi connectivity index (χ4v) is 1.45. The number of rotatable bonds is 6. The Hall–Kier alpha value is -2.44. The number of ether oxygens (including phenoxy) is 1. The van der Waals surface area contributed by atoms with Gasteiger partial charge >= 0.3 is 5.97 Å². The summed E-state index contributed by atoms with van der Waals surface area (Å²) in [4.78, 5) is 21.3. The van der Waals surface area contributed by atoms with Gasteiger partial charge in [-0.25, -0.2) is 4.79 Å². The fraction of sp³-hybridized carbons (Fsp3) is 0.333. The standard InChI is InChI=1S/C12H14N2O5/c1-2-19-12(15)11(13-16)8-5-9-3-6-10(7-4-9)14(17)18/h3-4,6-7,16H,2,5,8H2,1H3/b13-11+. The Balaban J connectivity index is 2.60. The number of hydrogen-bond donors (Lipinski definition) is 1. The van der Waals surface area contributed by atoms with Crippen molar-refractivity contribution in [1.29, 1.82) is 0 Å². The summed E-state index contributed by atoms with van der Waals surface area (Å²) >= 11 is 0. The molecule has 0 radical (unpaired) electrons. The fourth-order valence-electron chi connectivity index (χ4n) is 1.45. The largest absolute Gasteiger partial charge is 0.461 e. The van der Waals surface area contributed by atoms with E-state index in [9.17, 15) is 14.9 Å². The lowest BCUT2D eigenvalue weighted by Crippen LogP contribution is -2.18. The maximum Gasteiger partial charge on any atom is 0.356 e. The molecule has 1 rings (SSSR count). The van der Waals surface area contributed by atoms with Crippen molar-refractivity contribution < 1.29 is 19.7 Å². The summed E-state index contributed by atoms with van der Waals surface area (Å²) in [5, 5.41) is 22.1. The van der Waals surface area contributed by atoms with Crippen LogP contribution in [0.15, 0.2) is 29.4 Å². The van der Waals surface area contributed by atoms with Gasteiger partial charge in [-0.15, -0.1) is 0 Å². The van der Waals surface area contributed by atoms with Crippen LogP contribution in [0.4, 0.5) is 5.69 Å². The van der Waals surface area contributed by atoms with E-state index in [1.54, 1.807) is 19.1 Å². The molecule has 0 atom stereocenters. The van der Waals surface area contributed by atoms with E-state index >= 15 is 0 Å². The first-order chi connectivity index (χ1) is 9.08. The van der Waals surface area contributed by atoms with Crippen LogP contribution in [0.5, 0.6) is 0 Å². The van der Waals surface area contributed by atoms with Crippen LogP contribution in [0.2, 0.25) is 0 Å². The lowest BCUT2D eigenvalue weighted by molar-refractivity contribution is -0.384. The minimum Gasteiger partial charge on any atom is -0.461 e. The smallest absolute Gasteiger partial charge is 0.356 e. The van der Waals surface area contributed by atoms with E-state index in [0.29, 0.717) is 6.42 Å². The molecule has 0 saturated heterocycles. The third-order valence-electron chi connectivity index (χ3n) is 2.43. The predicted octanol–water partition coefficient (Wildman–Crippen LogP) is 1.92. The molecule has 7 heteroatoms. The van der Waals surface area contributed by atoms with E-state index in [1.165, 1.54) is 12.1 Å². The number of oxime groups is 1. The molecule has 0 heterocycles. The van der Waals surface area contributed by atoms with Crippen LogP contribution in [-0.4, -0.2) is 28.4 Å². The number of hydrogen-bond acceptors (Lipinski definition) is 6. The number of esters is 1. The average Bonchev–Trinajstić information content (AvgIpc) is 2.40. The Morgan fingerprint density at radius 3 is 2.53 bits per heavy atom. The van der Waals surface area contributed by atoms with Crippen LogP contribution in [0, 0.1) is 10.1 Å². The molecule has 0 aromatic heterocycles. The average molecular weight is 266 g/mol. The maximum absolute atomic E-state index is 11.3. The van der Waals surface area contributed by atoms with Crippen LogP contribution in [0.1, 0.15) is 18.9 Å². The van der Waals surface area contributed by atoms with Gasteiger partial charge in [0.1, 0.15) is 0 Å². The Labute approximate surface area is 109 Å². The number of nitro benzene ring substituents is 1. The third kappa shape index (κ3) is 4.38. The first-order valence-corrected chi connectivity index (χ1v) is 5.69. The molecule has 0 unspecified atom stereocenters. The van der Waals surface area contributed by atoms with Crippen LogP contribution in [0.25, 0.3) is 0 Å². The van der Waals surface area contributed by atoms with Crippen molar-refractivity contribution in [3.63, 3.8) is 0 Å². The molecule has 0 saturated carbocycles. The van der Waals surface area contributed by atoms with Crippen molar-refractivity contribution >= 4 is 17.4 Å². The third-order valence-corrected chi connectivity index (χ3v) is 2.43. The van der Waals surface area contributed by atoms with Gasteiger partial charge in [-0.2, -0.15) is 0 Å². The summed E-state index contributed by atoms with van der Waals surface area (Å²) in [6.07, 6.45) is 0.628. The lowest BCUT2D eigenvalue weighted by Gasteiger charge is -2.04. The van der Waals surface area contributed by atoms with Crippen LogP contribution >= 0.6 is 0 Å². The SMILES string of the molecule is CCOC(=O)/C(CCc1ccc([N+](=O)[O-])cc1)=N/O. The van der Waals surface area contributed by atoms with E-state index in [4.69, 9.17) is 9.94 Å². The number of nitro groups is 1. The molecule has 0 aliphatic carbocycles. The number of carbonyl (C=O) groups is 1. The van der Waals surface area contributed by atoms with Gasteiger partial charge in [0.05, 0.1) is 11.5 Å². The second-order valence-corrected chi connectivity index (χ2v) is 3.69. The van der Waals surface area contributed by atoms with Crippen molar-refractivity contribution in [3.05, 3.63) is 39.9 Å². The van der Waals surface area contributed by atoms with Crippen LogP contribution in [0.3, 0.4) is 0 Å². The quantitative estimate of drug-likeness (QED) is 0.278. The van der Waals surface area contributed by atoms with E-state index in [1.807, 2.05) is 0 Å². The van der Waals surface area contributed by atoms with Crippen molar-refractivity contribution in [2.75, 3.05) is 6.61 Å². The molecule has 0 bridgehead atoms. The first kappa shape index (κ1) is 14.6. The zero-order chi connectivity index (χ0) is 14.3. The number of non-ortho nitro benzene ring substituents is 1. The predicted molar refractivity (Wildman–Crippen MR) is 67.3 cm³/mol. The normalized spacial score (nSPS) is 11.1. The second-order valence-electron chi connectivity index (χ2n) is 3.69. The summed E-state index contributed by atoms with van der Waals surface area (Å²) in [5.41, 5.74) is 0.737. The highest BCUT2D eigenvalue weighted by Gasteiger charge is 2.13. The van der Waals surface area contributed by atoms with Gasteiger partial charge < -0.3 is 9.94 Å². The van der Waals surface area contributed by atoms with Crippen molar-refractivity contribution in [2.45, 2.75) is 19.8 Å². The Bertz CT molecular complexity index is 481. The molecule has 0 aliphatic heterocycles. The molecule has 19 heavy (non-hydrogen) atoms. The number of benzene rings is 1. The topological polar surface area (TPSA) is 102 Å². The highest BCUT2D eigenvalue weighted by Crippen LogP contribution is 2.13. The van der Waals surface area contributed by atoms with E-state index in [2.05, 4.69) is 5.16 Å². The monoisotopic (exact) mass is 266 g/mol. The van der Waals surface area contributed by atoms with Gasteiger partial charge in [-0.1, -0.05) is 17.3 Å². The summed E-state index contributed by atoms with van der Waals surface area (Å²) in [6.45, 7) is 1.86. The van der Waals surface area contributed by atoms with E-state index in [-0.39, 0.29) is 24.4 Å². The highest BCUT2D eigenvalue weighted by atomic mass is 16.6. The molecule has 1 aromatic carbocycles. The van der Waals surface area contributed by atoms with E-state index < -0.39 is 10.9 Å². The van der Waals surface area contributed by atoms with Gasteiger partial charge in [0.2, 0.25) is 0 Å². The molecule has 0 fully saturated rings. The van der Waals surface area contributed by atoms with Gasteiger partial charge in [0.15, 0.2) is 5.71 Å². The van der Waals surface area contributed by atoms with Crippen LogP contribution < -0.4 is 0 Å². The zero-order valence-electron chi connectivity index (χ0n) is 10.4. The molecular weight excluding hydrogens is 252 g/mol. The minimum absolute atomic E-state index is 0.00481. The summed E-state index contributed by atoms with van der Waals surface area (Å²) < 4.78 is 4.71. The van der Waals surface area contributed by atoms with Crippen molar-refractivity contribution in [2.24, 2.45) is 5.16 Å². The van der Waals surface area contributed by atoms with Crippen molar-refractivity contribution in [3.8, 4) is 0 Å². The van der Waals surface area contributed by atoms with Crippen molar-refractivity contribution in [1.82, 2.24) is 0 Å². The summed E-state index contributed by atoms with van der Waals surface area (Å²) in [6, 6.07) is 5.96. The second kappa shape index (κ2) is 7.10. The minimum atomic E-state index is -0.660. The summed E-state index contributed by atoms with van der Waals surface area (Å²) in [5.74, 6) is -0.660. The lowest BCUT2D eigenvalue weighted by atomic mass is 10.1. The molecule has 0 spiro atoms. The maximum atomic E-state index is 11.3. The Kier molecular flexibility index (Phi) is 5.46. The number of carbonyl (C=O) groups excluding carboxylic acids is 1. The van der Waals surface area contributed by atoms with Gasteiger partial charge in [-0.3, -0.25) is 10.1 Å². The Morgan fingerprint density at radius 2 is 2.05 bits per heavy atom. The Morgan fingerprint density at radius 1 is 1.42 bits per heavy atom. The number of aryl methyl sites for hydroxylation is 1. The molecule has 1 N–H and O–H groups in total. The zero-order valence-corrected chi connectivity index (χ0v) is 10.4. The molecule has 1 aromatic rings. The number of nitrogens with zero attached hydrogens (tertiary/aromatic N) is 2. The summed E-state index contributed by atoms with van der Waals surface area (Å²) in [7, 11) is 0.